The average molecular weight is 459 g/mol. The van der Waals surface area contributed by atoms with Crippen molar-refractivity contribution in [1.29, 1.82) is 0 Å². The maximum Gasteiger partial charge on any atom is 0.313 e. The zero-order chi connectivity index (χ0) is 23.7. The molecule has 0 aliphatic rings. The molecule has 180 valence electrons. The molecule has 7 heteroatoms. The first-order chi connectivity index (χ1) is 16.0. The molecule has 0 saturated carbocycles. The van der Waals surface area contributed by atoms with Gasteiger partial charge in [-0.15, -0.1) is 0 Å². The maximum atomic E-state index is 11.8. The second kappa shape index (κ2) is 16.1. The predicted molar refractivity (Wildman–Crippen MR) is 124 cm³/mol. The molecule has 0 fully saturated rings. The molecule has 7 nitrogen and oxygen atoms in total. The summed E-state index contributed by atoms with van der Waals surface area (Å²) in [4.78, 5) is 22.9. The number of hydrogen-bond acceptors (Lipinski definition) is 7. The molecule has 0 spiro atoms. The third-order valence-electron chi connectivity index (χ3n) is 4.56. The normalized spacial score (nSPS) is 10.8. The molecule has 0 N–H and O–H groups in total. The van der Waals surface area contributed by atoms with Crippen molar-refractivity contribution < 1.29 is 33.3 Å². The van der Waals surface area contributed by atoms with Gasteiger partial charge in [-0.1, -0.05) is 42.0 Å². The van der Waals surface area contributed by atoms with Crippen LogP contribution < -0.4 is 4.74 Å². The molecule has 0 aliphatic heterocycles. The minimum Gasteiger partial charge on any atom is -0.426 e. The first-order valence-corrected chi connectivity index (χ1v) is 11.2. The molecule has 2 aromatic rings. The molecule has 0 heterocycles. The summed E-state index contributed by atoms with van der Waals surface area (Å²) in [6, 6.07) is 15.2. The van der Waals surface area contributed by atoms with Crippen LogP contribution in [0.1, 0.15) is 30.0 Å². The summed E-state index contributed by atoms with van der Waals surface area (Å²) in [7, 11) is 0. The van der Waals surface area contributed by atoms with E-state index in [9.17, 15) is 9.59 Å². The van der Waals surface area contributed by atoms with Gasteiger partial charge in [0.05, 0.1) is 59.3 Å². The fourth-order valence-electron chi connectivity index (χ4n) is 2.83. The van der Waals surface area contributed by atoms with Crippen LogP contribution in [0.2, 0.25) is 0 Å². The Morgan fingerprint density at radius 1 is 0.667 bits per heavy atom. The quantitative estimate of drug-likeness (QED) is 0.203. The van der Waals surface area contributed by atoms with Gasteiger partial charge < -0.3 is 23.7 Å². The van der Waals surface area contributed by atoms with Crippen LogP contribution >= 0.6 is 0 Å². The SMILES string of the molecule is CC(=O)Cc1ccc(OC(=O)CCOCCOCCOCCOCc2ccc(C)cc2)cc1. The lowest BCUT2D eigenvalue weighted by molar-refractivity contribution is -0.135. The fourth-order valence-corrected chi connectivity index (χ4v) is 2.83. The minimum absolute atomic E-state index is 0.0903. The Kier molecular flexibility index (Phi) is 13.0. The number of benzene rings is 2. The average Bonchev–Trinajstić information content (AvgIpc) is 2.79. The summed E-state index contributed by atoms with van der Waals surface area (Å²) in [6.07, 6.45) is 0.528. The van der Waals surface area contributed by atoms with Gasteiger partial charge in [0.15, 0.2) is 0 Å². The number of esters is 1. The summed E-state index contributed by atoms with van der Waals surface area (Å²) in [5.74, 6) is 0.178. The molecule has 2 rings (SSSR count). The highest BCUT2D eigenvalue weighted by molar-refractivity contribution is 5.78. The van der Waals surface area contributed by atoms with E-state index in [1.54, 1.807) is 24.3 Å². The highest BCUT2D eigenvalue weighted by Gasteiger charge is 2.06. The Labute approximate surface area is 195 Å². The van der Waals surface area contributed by atoms with E-state index >= 15 is 0 Å². The summed E-state index contributed by atoms with van der Waals surface area (Å²) in [5.41, 5.74) is 3.28. The Hall–Kier alpha value is -2.58. The summed E-state index contributed by atoms with van der Waals surface area (Å²) >= 11 is 0. The number of rotatable bonds is 17. The van der Waals surface area contributed by atoms with Gasteiger partial charge in [-0.05, 0) is 37.1 Å². The number of aryl methyl sites for hydroxylation is 1. The smallest absolute Gasteiger partial charge is 0.313 e. The topological polar surface area (TPSA) is 80.3 Å². The molecule has 0 aliphatic carbocycles. The van der Waals surface area contributed by atoms with E-state index < -0.39 is 0 Å². The molecule has 0 unspecified atom stereocenters. The Balaban J connectivity index is 1.37. The number of carbonyl (C=O) groups excluding carboxylic acids is 2. The van der Waals surface area contributed by atoms with Crippen molar-refractivity contribution in [2.75, 3.05) is 46.2 Å². The van der Waals surface area contributed by atoms with Crippen LogP contribution in [0.3, 0.4) is 0 Å². The number of carbonyl (C=O) groups is 2. The minimum atomic E-state index is -0.367. The molecule has 0 radical (unpaired) electrons. The Morgan fingerprint density at radius 2 is 1.18 bits per heavy atom. The summed E-state index contributed by atoms with van der Waals surface area (Å²) < 4.78 is 27.1. The zero-order valence-corrected chi connectivity index (χ0v) is 19.5. The van der Waals surface area contributed by atoms with Crippen molar-refractivity contribution in [1.82, 2.24) is 0 Å². The van der Waals surface area contributed by atoms with Gasteiger partial charge >= 0.3 is 5.97 Å². The second-order valence-corrected chi connectivity index (χ2v) is 7.62. The number of hydrogen-bond donors (Lipinski definition) is 0. The number of ether oxygens (including phenoxy) is 5. The molecule has 0 saturated heterocycles. The molecule has 0 amide bonds. The summed E-state index contributed by atoms with van der Waals surface area (Å²) in [5, 5.41) is 0. The van der Waals surface area contributed by atoms with E-state index in [4.69, 9.17) is 23.7 Å². The number of ketones is 1. The van der Waals surface area contributed by atoms with Gasteiger partial charge in [0, 0.05) is 6.42 Å². The lowest BCUT2D eigenvalue weighted by atomic mass is 10.1. The molecular weight excluding hydrogens is 424 g/mol. The van der Waals surface area contributed by atoms with Crippen molar-refractivity contribution in [2.24, 2.45) is 0 Å². The molecule has 0 atom stereocenters. The maximum absolute atomic E-state index is 11.8. The zero-order valence-electron chi connectivity index (χ0n) is 19.5. The van der Waals surface area contributed by atoms with E-state index in [0.29, 0.717) is 58.4 Å². The van der Waals surface area contributed by atoms with Crippen LogP contribution in [-0.2, 0) is 41.6 Å². The van der Waals surface area contributed by atoms with E-state index in [1.807, 2.05) is 0 Å². The van der Waals surface area contributed by atoms with Gasteiger partial charge in [-0.25, -0.2) is 0 Å². The first-order valence-electron chi connectivity index (χ1n) is 11.2. The van der Waals surface area contributed by atoms with Gasteiger partial charge in [-0.2, -0.15) is 0 Å². The van der Waals surface area contributed by atoms with E-state index in [1.165, 1.54) is 12.5 Å². The van der Waals surface area contributed by atoms with Crippen LogP contribution in [0.25, 0.3) is 0 Å². The standard InChI is InChI=1S/C26H34O7/c1-21-3-5-24(6-4-21)20-32-18-17-31-16-15-30-14-13-29-12-11-26(28)33-25-9-7-23(8-10-25)19-22(2)27/h3-10H,11-20H2,1-2H3. The highest BCUT2D eigenvalue weighted by Crippen LogP contribution is 2.13. The lowest BCUT2D eigenvalue weighted by Crippen LogP contribution is -2.14. The van der Waals surface area contributed by atoms with E-state index in [0.717, 1.165) is 11.1 Å². The van der Waals surface area contributed by atoms with Crippen LogP contribution in [0.5, 0.6) is 5.75 Å². The molecule has 0 bridgehead atoms. The first kappa shape index (κ1) is 26.7. The van der Waals surface area contributed by atoms with Crippen molar-refractivity contribution in [2.45, 2.75) is 33.3 Å². The molecule has 2 aromatic carbocycles. The Morgan fingerprint density at radius 3 is 1.76 bits per heavy atom. The second-order valence-electron chi connectivity index (χ2n) is 7.62. The number of Topliss-reactive ketones (excluding diaryl/α,β-unsaturated/α-hetero) is 1. The third-order valence-corrected chi connectivity index (χ3v) is 4.56. The van der Waals surface area contributed by atoms with E-state index in [-0.39, 0.29) is 24.8 Å². The van der Waals surface area contributed by atoms with Crippen LogP contribution in [-0.4, -0.2) is 58.0 Å². The van der Waals surface area contributed by atoms with Crippen molar-refractivity contribution in [3.8, 4) is 5.75 Å². The van der Waals surface area contributed by atoms with Gasteiger partial charge in [0.25, 0.3) is 0 Å². The van der Waals surface area contributed by atoms with Gasteiger partial charge in [0.1, 0.15) is 11.5 Å². The molecule has 33 heavy (non-hydrogen) atoms. The van der Waals surface area contributed by atoms with Crippen LogP contribution in [0.15, 0.2) is 48.5 Å². The van der Waals surface area contributed by atoms with Gasteiger partial charge in [0.2, 0.25) is 0 Å². The fraction of sp³-hybridized carbons (Fsp3) is 0.462. The molecular formula is C26H34O7. The molecule has 0 aromatic heterocycles. The summed E-state index contributed by atoms with van der Waals surface area (Å²) in [6.45, 7) is 7.30. The monoisotopic (exact) mass is 458 g/mol. The van der Waals surface area contributed by atoms with Crippen molar-refractivity contribution in [3.63, 3.8) is 0 Å². The Bertz CT molecular complexity index is 816. The van der Waals surface area contributed by atoms with Crippen molar-refractivity contribution >= 4 is 11.8 Å². The largest absolute Gasteiger partial charge is 0.426 e. The lowest BCUT2D eigenvalue weighted by Gasteiger charge is -2.08. The van der Waals surface area contributed by atoms with Crippen molar-refractivity contribution in [3.05, 3.63) is 65.2 Å². The van der Waals surface area contributed by atoms with Crippen LogP contribution in [0, 0.1) is 6.92 Å². The predicted octanol–water partition coefficient (Wildman–Crippen LogP) is 3.69. The van der Waals surface area contributed by atoms with E-state index in [2.05, 4.69) is 31.2 Å². The highest BCUT2D eigenvalue weighted by atomic mass is 16.6. The van der Waals surface area contributed by atoms with Crippen LogP contribution in [0.4, 0.5) is 0 Å². The third kappa shape index (κ3) is 12.9. The van der Waals surface area contributed by atoms with Gasteiger partial charge in [-0.3, -0.25) is 9.59 Å².